The van der Waals surface area contributed by atoms with Crippen molar-refractivity contribution in [2.45, 2.75) is 6.92 Å². The molecule has 3 rings (SSSR count). The first kappa shape index (κ1) is 11.5. The summed E-state index contributed by atoms with van der Waals surface area (Å²) in [7, 11) is 0. The van der Waals surface area contributed by atoms with Gasteiger partial charge in [-0.05, 0) is 31.2 Å². The van der Waals surface area contributed by atoms with E-state index in [1.165, 1.54) is 0 Å². The Morgan fingerprint density at radius 1 is 0.895 bits per heavy atom. The van der Waals surface area contributed by atoms with Crippen molar-refractivity contribution >= 4 is 0 Å². The Hall–Kier alpha value is -2.55. The van der Waals surface area contributed by atoms with Gasteiger partial charge in [0.15, 0.2) is 5.76 Å². The second-order valence-corrected chi connectivity index (χ2v) is 4.40. The quantitative estimate of drug-likeness (QED) is 0.748. The van der Waals surface area contributed by atoms with Crippen LogP contribution in [0.25, 0.3) is 22.6 Å². The maximum absolute atomic E-state index is 9.31. The average molecular weight is 251 g/mol. The zero-order valence-electron chi connectivity index (χ0n) is 10.5. The Labute approximate surface area is 111 Å². The Bertz CT molecular complexity index is 685. The zero-order chi connectivity index (χ0) is 13.2. The summed E-state index contributed by atoms with van der Waals surface area (Å²) in [5.74, 6) is 1.02. The van der Waals surface area contributed by atoms with E-state index < -0.39 is 0 Å². The molecule has 0 radical (unpaired) electrons. The van der Waals surface area contributed by atoms with E-state index in [4.69, 9.17) is 4.52 Å². The van der Waals surface area contributed by atoms with Crippen LogP contribution in [0, 0.1) is 6.92 Å². The number of benzene rings is 2. The van der Waals surface area contributed by atoms with Crippen LogP contribution < -0.4 is 0 Å². The minimum atomic E-state index is 0.244. The minimum Gasteiger partial charge on any atom is -0.508 e. The number of aromatic hydroxyl groups is 1. The topological polar surface area (TPSA) is 46.3 Å². The summed E-state index contributed by atoms with van der Waals surface area (Å²) in [6.07, 6.45) is 0. The zero-order valence-corrected chi connectivity index (χ0v) is 10.5. The monoisotopic (exact) mass is 251 g/mol. The van der Waals surface area contributed by atoms with Gasteiger partial charge in [-0.3, -0.25) is 0 Å². The van der Waals surface area contributed by atoms with E-state index in [0.29, 0.717) is 0 Å². The third-order valence-electron chi connectivity index (χ3n) is 3.10. The molecule has 0 fully saturated rings. The van der Waals surface area contributed by atoms with Crippen molar-refractivity contribution in [1.82, 2.24) is 5.16 Å². The van der Waals surface area contributed by atoms with E-state index in [1.807, 2.05) is 49.4 Å². The van der Waals surface area contributed by atoms with Crippen LogP contribution in [-0.2, 0) is 0 Å². The van der Waals surface area contributed by atoms with Crippen LogP contribution in [0.15, 0.2) is 59.1 Å². The normalized spacial score (nSPS) is 10.6. The van der Waals surface area contributed by atoms with Gasteiger partial charge in [-0.1, -0.05) is 35.5 Å². The molecule has 0 spiro atoms. The summed E-state index contributed by atoms with van der Waals surface area (Å²) in [6, 6.07) is 16.8. The highest BCUT2D eigenvalue weighted by Crippen LogP contribution is 2.31. The molecule has 0 saturated carbocycles. The molecular formula is C16H13NO2. The van der Waals surface area contributed by atoms with Gasteiger partial charge in [0.25, 0.3) is 0 Å². The highest BCUT2D eigenvalue weighted by molar-refractivity contribution is 5.72. The lowest BCUT2D eigenvalue weighted by molar-refractivity contribution is 0.434. The molecule has 2 aromatic carbocycles. The van der Waals surface area contributed by atoms with Gasteiger partial charge in [0.05, 0.1) is 0 Å². The predicted molar refractivity (Wildman–Crippen MR) is 73.8 cm³/mol. The fourth-order valence-corrected chi connectivity index (χ4v) is 2.08. The molecule has 3 aromatic rings. The van der Waals surface area contributed by atoms with Gasteiger partial charge >= 0.3 is 0 Å². The lowest BCUT2D eigenvalue weighted by Gasteiger charge is -1.99. The van der Waals surface area contributed by atoms with Gasteiger partial charge in [0.1, 0.15) is 11.4 Å². The maximum atomic E-state index is 9.31. The number of phenols is 1. The summed E-state index contributed by atoms with van der Waals surface area (Å²) in [4.78, 5) is 0. The number of phenolic OH excluding ortho intramolecular Hbond substituents is 1. The van der Waals surface area contributed by atoms with Crippen LogP contribution in [-0.4, -0.2) is 10.3 Å². The first-order valence-electron chi connectivity index (χ1n) is 6.07. The average Bonchev–Trinajstić information content (AvgIpc) is 2.83. The summed E-state index contributed by atoms with van der Waals surface area (Å²) >= 11 is 0. The molecule has 19 heavy (non-hydrogen) atoms. The molecule has 94 valence electrons. The number of hydrogen-bond donors (Lipinski definition) is 1. The molecule has 0 aliphatic carbocycles. The van der Waals surface area contributed by atoms with Gasteiger partial charge in [-0.15, -0.1) is 0 Å². The van der Waals surface area contributed by atoms with Crippen molar-refractivity contribution in [3.8, 4) is 28.3 Å². The summed E-state index contributed by atoms with van der Waals surface area (Å²) < 4.78 is 5.45. The van der Waals surface area contributed by atoms with Gasteiger partial charge in [-0.25, -0.2) is 0 Å². The van der Waals surface area contributed by atoms with Crippen LogP contribution in [0.4, 0.5) is 0 Å². The second kappa shape index (κ2) is 4.61. The fourth-order valence-electron chi connectivity index (χ4n) is 2.08. The van der Waals surface area contributed by atoms with Crippen LogP contribution in [0.2, 0.25) is 0 Å². The molecule has 3 heteroatoms. The van der Waals surface area contributed by atoms with E-state index in [0.717, 1.165) is 28.1 Å². The molecule has 0 aliphatic rings. The standard InChI is InChI=1S/C16H13NO2/c1-11-15(12-7-9-14(18)10-8-12)17-19-16(11)13-5-3-2-4-6-13/h2-10,18H,1H3. The molecule has 0 saturated heterocycles. The van der Waals surface area contributed by atoms with Crippen LogP contribution in [0.3, 0.4) is 0 Å². The molecule has 0 atom stereocenters. The fraction of sp³-hybridized carbons (Fsp3) is 0.0625. The Kier molecular flexibility index (Phi) is 2.80. The van der Waals surface area contributed by atoms with E-state index >= 15 is 0 Å². The Morgan fingerprint density at radius 3 is 2.26 bits per heavy atom. The minimum absolute atomic E-state index is 0.244. The highest BCUT2D eigenvalue weighted by Gasteiger charge is 2.14. The molecule has 1 aromatic heterocycles. The maximum Gasteiger partial charge on any atom is 0.170 e. The first-order chi connectivity index (χ1) is 9.25. The largest absolute Gasteiger partial charge is 0.508 e. The van der Waals surface area contributed by atoms with Crippen LogP contribution in [0.1, 0.15) is 5.56 Å². The molecular weight excluding hydrogens is 238 g/mol. The molecule has 1 heterocycles. The van der Waals surface area contributed by atoms with Gasteiger partial charge in [0.2, 0.25) is 0 Å². The van der Waals surface area contributed by atoms with Gasteiger partial charge in [0, 0.05) is 16.7 Å². The van der Waals surface area contributed by atoms with Crippen molar-refractivity contribution in [3.63, 3.8) is 0 Å². The van der Waals surface area contributed by atoms with E-state index in [9.17, 15) is 5.11 Å². The summed E-state index contributed by atoms with van der Waals surface area (Å²) in [6.45, 7) is 1.99. The van der Waals surface area contributed by atoms with E-state index in [1.54, 1.807) is 12.1 Å². The van der Waals surface area contributed by atoms with Gasteiger partial charge in [-0.2, -0.15) is 0 Å². The summed E-state index contributed by atoms with van der Waals surface area (Å²) in [5, 5.41) is 13.4. The van der Waals surface area contributed by atoms with Crippen molar-refractivity contribution in [2.24, 2.45) is 0 Å². The molecule has 1 N–H and O–H groups in total. The molecule has 0 amide bonds. The molecule has 0 bridgehead atoms. The first-order valence-corrected chi connectivity index (χ1v) is 6.07. The molecule has 0 aliphatic heterocycles. The number of aromatic nitrogens is 1. The summed E-state index contributed by atoms with van der Waals surface area (Å²) in [5.41, 5.74) is 3.74. The predicted octanol–water partition coefficient (Wildman–Crippen LogP) is 4.02. The van der Waals surface area contributed by atoms with Gasteiger partial charge < -0.3 is 9.63 Å². The van der Waals surface area contributed by atoms with Crippen molar-refractivity contribution in [1.29, 1.82) is 0 Å². The Morgan fingerprint density at radius 2 is 1.58 bits per heavy atom. The lowest BCUT2D eigenvalue weighted by atomic mass is 10.0. The number of rotatable bonds is 2. The molecule has 0 unspecified atom stereocenters. The molecule has 3 nitrogen and oxygen atoms in total. The highest BCUT2D eigenvalue weighted by atomic mass is 16.5. The Balaban J connectivity index is 2.06. The van der Waals surface area contributed by atoms with E-state index in [-0.39, 0.29) is 5.75 Å². The van der Waals surface area contributed by atoms with Crippen molar-refractivity contribution < 1.29 is 9.63 Å². The number of nitrogens with zero attached hydrogens (tertiary/aromatic N) is 1. The van der Waals surface area contributed by atoms with Crippen LogP contribution in [0.5, 0.6) is 5.75 Å². The lowest BCUT2D eigenvalue weighted by Crippen LogP contribution is -1.81. The third-order valence-corrected chi connectivity index (χ3v) is 3.10. The number of hydrogen-bond acceptors (Lipinski definition) is 3. The smallest absolute Gasteiger partial charge is 0.170 e. The van der Waals surface area contributed by atoms with Crippen molar-refractivity contribution in [2.75, 3.05) is 0 Å². The second-order valence-electron chi connectivity index (χ2n) is 4.40. The van der Waals surface area contributed by atoms with Crippen LogP contribution >= 0.6 is 0 Å². The van der Waals surface area contributed by atoms with E-state index in [2.05, 4.69) is 5.16 Å². The SMILES string of the molecule is Cc1c(-c2ccc(O)cc2)noc1-c1ccccc1. The third kappa shape index (κ3) is 2.10. The van der Waals surface area contributed by atoms with Crippen molar-refractivity contribution in [3.05, 3.63) is 60.2 Å².